The molecule has 0 amide bonds. The van der Waals surface area contributed by atoms with Crippen LogP contribution >= 0.6 is 0 Å². The number of hydrogen-bond donors (Lipinski definition) is 0. The third kappa shape index (κ3) is 4.38. The Morgan fingerprint density at radius 1 is 0.960 bits per heavy atom. The minimum Gasteiger partial charge on any atom is -0.486 e. The Balaban J connectivity index is 1.53. The van der Waals surface area contributed by atoms with E-state index in [-0.39, 0.29) is 18.6 Å². The maximum atomic E-state index is 12.3. The van der Waals surface area contributed by atoms with E-state index in [9.17, 15) is 9.59 Å². The topological polar surface area (TPSA) is 61.8 Å². The first-order valence-corrected chi connectivity index (χ1v) is 8.38. The molecular formula is C20H20O5. The van der Waals surface area contributed by atoms with Crippen molar-refractivity contribution < 1.29 is 23.8 Å². The number of ketones is 1. The molecular weight excluding hydrogens is 320 g/mol. The fourth-order valence-corrected chi connectivity index (χ4v) is 2.55. The molecule has 2 aromatic rings. The van der Waals surface area contributed by atoms with Crippen molar-refractivity contribution >= 4 is 11.8 Å². The average molecular weight is 340 g/mol. The van der Waals surface area contributed by atoms with Gasteiger partial charge in [-0.3, -0.25) is 9.59 Å². The summed E-state index contributed by atoms with van der Waals surface area (Å²) in [7, 11) is 0. The molecule has 0 aromatic heterocycles. The summed E-state index contributed by atoms with van der Waals surface area (Å²) in [5, 5.41) is 0. The molecule has 1 aliphatic rings. The van der Waals surface area contributed by atoms with E-state index in [4.69, 9.17) is 14.2 Å². The number of hydrogen-bond acceptors (Lipinski definition) is 5. The van der Waals surface area contributed by atoms with E-state index in [1.807, 2.05) is 12.1 Å². The van der Waals surface area contributed by atoms with E-state index in [0.717, 1.165) is 6.42 Å². The molecule has 0 N–H and O–H groups in total. The maximum absolute atomic E-state index is 12.3. The molecule has 0 spiro atoms. The van der Waals surface area contributed by atoms with Gasteiger partial charge in [0, 0.05) is 12.0 Å². The van der Waals surface area contributed by atoms with Gasteiger partial charge >= 0.3 is 5.97 Å². The van der Waals surface area contributed by atoms with E-state index in [1.165, 1.54) is 5.56 Å². The molecule has 0 atom stereocenters. The highest BCUT2D eigenvalue weighted by Crippen LogP contribution is 2.31. The van der Waals surface area contributed by atoms with Gasteiger partial charge in [-0.05, 0) is 42.3 Å². The normalized spacial score (nSPS) is 12.5. The fourth-order valence-electron chi connectivity index (χ4n) is 2.55. The van der Waals surface area contributed by atoms with Gasteiger partial charge in [0.1, 0.15) is 19.0 Å². The Morgan fingerprint density at radius 3 is 2.40 bits per heavy atom. The highest BCUT2D eigenvalue weighted by molar-refractivity contribution is 5.98. The number of Topliss-reactive ketones (excluding diaryl/α,β-unsaturated/α-hetero) is 1. The van der Waals surface area contributed by atoms with Crippen LogP contribution < -0.4 is 14.2 Å². The Morgan fingerprint density at radius 2 is 1.68 bits per heavy atom. The minimum atomic E-state index is -0.421. The van der Waals surface area contributed by atoms with Crippen molar-refractivity contribution in [3.63, 3.8) is 0 Å². The standard InChI is InChI=1S/C20H20O5/c1-2-14-3-6-16(7-4-14)25-20(22)10-8-17(21)15-5-9-18-19(13-15)24-12-11-23-18/h3-7,9,13H,2,8,10-12H2,1H3. The number of esters is 1. The summed E-state index contributed by atoms with van der Waals surface area (Å²) in [6.45, 7) is 3.03. The summed E-state index contributed by atoms with van der Waals surface area (Å²) in [5.74, 6) is 1.15. The fraction of sp³-hybridized carbons (Fsp3) is 0.300. The summed E-state index contributed by atoms with van der Waals surface area (Å²) in [6.07, 6.45) is 1.05. The van der Waals surface area contributed by atoms with E-state index < -0.39 is 5.97 Å². The van der Waals surface area contributed by atoms with Gasteiger partial charge in [-0.25, -0.2) is 0 Å². The average Bonchev–Trinajstić information content (AvgIpc) is 2.66. The molecule has 0 saturated carbocycles. The first-order valence-electron chi connectivity index (χ1n) is 8.38. The van der Waals surface area contributed by atoms with Gasteiger partial charge in [0.2, 0.25) is 0 Å². The summed E-state index contributed by atoms with van der Waals surface area (Å²) in [4.78, 5) is 24.2. The van der Waals surface area contributed by atoms with Crippen LogP contribution in [0.3, 0.4) is 0 Å². The number of carbonyl (C=O) groups excluding carboxylic acids is 2. The SMILES string of the molecule is CCc1ccc(OC(=O)CCC(=O)c2ccc3c(c2)OCCO3)cc1. The lowest BCUT2D eigenvalue weighted by atomic mass is 10.1. The van der Waals surface area contributed by atoms with Gasteiger partial charge in [-0.2, -0.15) is 0 Å². The quantitative estimate of drug-likeness (QED) is 0.457. The van der Waals surface area contributed by atoms with Crippen molar-refractivity contribution in [2.24, 2.45) is 0 Å². The lowest BCUT2D eigenvalue weighted by molar-refractivity contribution is -0.134. The molecule has 0 unspecified atom stereocenters. The summed E-state index contributed by atoms with van der Waals surface area (Å²) in [6, 6.07) is 12.4. The van der Waals surface area contributed by atoms with E-state index in [1.54, 1.807) is 30.3 Å². The van der Waals surface area contributed by atoms with E-state index in [2.05, 4.69) is 6.92 Å². The molecule has 0 saturated heterocycles. The number of ether oxygens (including phenoxy) is 3. The zero-order valence-corrected chi connectivity index (χ0v) is 14.1. The Kier molecular flexibility index (Phi) is 5.33. The van der Waals surface area contributed by atoms with Crippen LogP contribution in [0.5, 0.6) is 17.2 Å². The zero-order valence-electron chi connectivity index (χ0n) is 14.1. The van der Waals surface area contributed by atoms with Crippen LogP contribution in [0, 0.1) is 0 Å². The first-order chi connectivity index (χ1) is 12.2. The van der Waals surface area contributed by atoms with Crippen molar-refractivity contribution in [2.45, 2.75) is 26.2 Å². The van der Waals surface area contributed by atoms with Crippen LogP contribution in [0.1, 0.15) is 35.7 Å². The smallest absolute Gasteiger partial charge is 0.311 e. The molecule has 0 aliphatic carbocycles. The lowest BCUT2D eigenvalue weighted by Crippen LogP contribution is -2.16. The third-order valence-corrected chi connectivity index (χ3v) is 3.98. The van der Waals surface area contributed by atoms with Crippen LogP contribution in [0.2, 0.25) is 0 Å². The monoisotopic (exact) mass is 340 g/mol. The van der Waals surface area contributed by atoms with Crippen molar-refractivity contribution in [3.8, 4) is 17.2 Å². The molecule has 1 heterocycles. The highest BCUT2D eigenvalue weighted by Gasteiger charge is 2.16. The molecule has 25 heavy (non-hydrogen) atoms. The number of rotatable bonds is 6. The lowest BCUT2D eigenvalue weighted by Gasteiger charge is -2.18. The van der Waals surface area contributed by atoms with Gasteiger partial charge in [0.25, 0.3) is 0 Å². The van der Waals surface area contributed by atoms with Crippen molar-refractivity contribution in [1.82, 2.24) is 0 Å². The molecule has 2 aromatic carbocycles. The van der Waals surface area contributed by atoms with Gasteiger partial charge in [0.05, 0.1) is 6.42 Å². The molecule has 0 radical (unpaired) electrons. The number of benzene rings is 2. The Bertz CT molecular complexity index is 764. The molecule has 0 fully saturated rings. The maximum Gasteiger partial charge on any atom is 0.311 e. The number of fused-ring (bicyclic) bond motifs is 1. The second-order valence-electron chi connectivity index (χ2n) is 5.75. The van der Waals surface area contributed by atoms with Crippen LogP contribution in [-0.4, -0.2) is 25.0 Å². The second kappa shape index (κ2) is 7.83. The van der Waals surface area contributed by atoms with Crippen LogP contribution in [0.4, 0.5) is 0 Å². The third-order valence-electron chi connectivity index (χ3n) is 3.98. The minimum absolute atomic E-state index is 0.0306. The first kappa shape index (κ1) is 17.0. The van der Waals surface area contributed by atoms with Crippen molar-refractivity contribution in [1.29, 1.82) is 0 Å². The van der Waals surface area contributed by atoms with E-state index >= 15 is 0 Å². The van der Waals surface area contributed by atoms with Crippen LogP contribution in [-0.2, 0) is 11.2 Å². The molecule has 3 rings (SSSR count). The molecule has 130 valence electrons. The predicted octanol–water partition coefficient (Wildman–Crippen LogP) is 3.59. The Labute approximate surface area is 146 Å². The molecule has 1 aliphatic heterocycles. The van der Waals surface area contributed by atoms with Gasteiger partial charge in [-0.1, -0.05) is 19.1 Å². The zero-order chi connectivity index (χ0) is 17.6. The van der Waals surface area contributed by atoms with Gasteiger partial charge in [-0.15, -0.1) is 0 Å². The highest BCUT2D eigenvalue weighted by atomic mass is 16.6. The summed E-state index contributed by atoms with van der Waals surface area (Å²) in [5.41, 5.74) is 1.68. The largest absolute Gasteiger partial charge is 0.486 e. The Hall–Kier alpha value is -2.82. The summed E-state index contributed by atoms with van der Waals surface area (Å²) < 4.78 is 16.2. The second-order valence-corrected chi connectivity index (χ2v) is 5.75. The van der Waals surface area contributed by atoms with Gasteiger partial charge < -0.3 is 14.2 Å². The summed E-state index contributed by atoms with van der Waals surface area (Å²) >= 11 is 0. The van der Waals surface area contributed by atoms with Crippen LogP contribution in [0.15, 0.2) is 42.5 Å². The van der Waals surface area contributed by atoms with Crippen molar-refractivity contribution in [2.75, 3.05) is 13.2 Å². The van der Waals surface area contributed by atoms with Crippen LogP contribution in [0.25, 0.3) is 0 Å². The number of carbonyl (C=O) groups is 2. The molecule has 5 nitrogen and oxygen atoms in total. The van der Waals surface area contributed by atoms with Gasteiger partial charge in [0.15, 0.2) is 17.3 Å². The number of aryl methyl sites for hydroxylation is 1. The molecule has 5 heteroatoms. The van der Waals surface area contributed by atoms with Crippen molar-refractivity contribution in [3.05, 3.63) is 53.6 Å². The molecule has 0 bridgehead atoms. The van der Waals surface area contributed by atoms with E-state index in [0.29, 0.717) is 36.0 Å². The predicted molar refractivity (Wildman–Crippen MR) is 92.5 cm³/mol.